The zero-order valence-corrected chi connectivity index (χ0v) is 46.7. The molecule has 0 aliphatic heterocycles. The minimum Gasteiger partial charge on any atom is -2.00 e. The number of thiocarbonyl (C=S) groups is 5. The summed E-state index contributed by atoms with van der Waals surface area (Å²) >= 11 is 18.5. The van der Waals surface area contributed by atoms with Crippen LogP contribution < -0.4 is 0 Å². The number of quaternary nitrogens is 3. The van der Waals surface area contributed by atoms with E-state index in [4.69, 9.17) is 27.0 Å². The van der Waals surface area contributed by atoms with E-state index in [2.05, 4.69) is 144 Å². The first-order valence-corrected chi connectivity index (χ1v) is 22.5. The molecule has 57 heavy (non-hydrogen) atoms. The fourth-order valence-corrected chi connectivity index (χ4v) is 7.70. The van der Waals surface area contributed by atoms with Crippen LogP contribution in [0.15, 0.2) is 0 Å². The van der Waals surface area contributed by atoms with Crippen LogP contribution in [-0.2, 0) is 11.0 Å². The van der Waals surface area contributed by atoms with E-state index in [0.29, 0.717) is 0 Å². The Morgan fingerprint density at radius 1 is 0.263 bits per heavy atom. The second-order valence-electron chi connectivity index (χ2n) is 13.2. The Hall–Kier alpha value is -0.148. The molecule has 0 rings (SSSR count). The summed E-state index contributed by atoms with van der Waals surface area (Å²) in [5.41, 5.74) is 0. The maximum Gasteiger partial charge on any atom is 0.0783 e. The van der Waals surface area contributed by atoms with Gasteiger partial charge in [-0.2, -0.15) is 25.8 Å². The Bertz CT molecular complexity index is 683. The van der Waals surface area contributed by atoms with Crippen molar-refractivity contribution in [1.29, 1.82) is 0 Å². The zero-order chi connectivity index (χ0) is 44.0. The first kappa shape index (κ1) is 84.4. The molecule has 340 valence electrons. The number of nitrogens with zero attached hydrogens (tertiary/aromatic N) is 8. The molecule has 0 atom stereocenters. The van der Waals surface area contributed by atoms with Gasteiger partial charge in [-0.25, -0.2) is 0 Å². The molecule has 0 bridgehead atoms. The molecule has 0 heterocycles. The topological polar surface area (TPSA) is 168 Å². The van der Waals surface area contributed by atoms with Gasteiger partial charge in [0.1, 0.15) is 0 Å². The van der Waals surface area contributed by atoms with E-state index in [-0.39, 0.29) is 42.1 Å². The molecule has 0 aliphatic rings. The molecule has 10 nitrogen and oxygen atoms in total. The van der Waals surface area contributed by atoms with Gasteiger partial charge < -0.3 is 51.4 Å². The van der Waals surface area contributed by atoms with E-state index < -0.39 is 0 Å². The molecule has 0 N–H and O–H groups in total. The van der Waals surface area contributed by atoms with Crippen molar-refractivity contribution in [2.45, 2.75) is 160 Å². The molecular weight excluding hydrogens is 1030 g/mol. The Labute approximate surface area is 404 Å². The number of hydrogen-bond acceptors (Lipinski definition) is 5. The van der Waals surface area contributed by atoms with Crippen molar-refractivity contribution in [3.8, 4) is 0 Å². The van der Waals surface area contributed by atoms with Crippen molar-refractivity contribution in [2.75, 3.05) is 78.5 Å². The van der Waals surface area contributed by atoms with Crippen LogP contribution in [0, 0.1) is 31.1 Å². The smallest absolute Gasteiger partial charge is 0.0783 e. The molecule has 0 aromatic heterocycles. The van der Waals surface area contributed by atoms with Crippen LogP contribution in [0.3, 0.4) is 0 Å². The fourth-order valence-electron chi connectivity index (χ4n) is 7.70. The summed E-state index contributed by atoms with van der Waals surface area (Å²) in [6, 6.07) is 0. The summed E-state index contributed by atoms with van der Waals surface area (Å²) in [7, 11) is 0. The van der Waals surface area contributed by atoms with Gasteiger partial charge in [-0.05, 0) is 77.0 Å². The van der Waals surface area contributed by atoms with Crippen LogP contribution in [0.2, 0.25) is 0 Å². The quantitative estimate of drug-likeness (QED) is 0.0532. The minimum atomic E-state index is 0. The molecule has 0 radical (unpaired) electrons. The van der Waals surface area contributed by atoms with Crippen LogP contribution >= 0.6 is 61.1 Å². The largest absolute Gasteiger partial charge is 2.00 e. The van der Waals surface area contributed by atoms with Gasteiger partial charge in [-0.3, -0.25) is 0 Å². The van der Waals surface area contributed by atoms with Gasteiger partial charge in [0.25, 0.3) is 0 Å². The molecule has 0 amide bonds. The van der Waals surface area contributed by atoms with Crippen molar-refractivity contribution in [1.82, 2.24) is 0 Å². The maximum absolute atomic E-state index is 7.13. The molecule has 0 aromatic rings. The van der Waals surface area contributed by atoms with E-state index in [0.717, 1.165) is 0 Å². The van der Waals surface area contributed by atoms with E-state index in [1.54, 1.807) is 0 Å². The molecular formula is C41H84N8O2S5U-6. The van der Waals surface area contributed by atoms with Crippen LogP contribution in [0.25, 0.3) is 27.0 Å². The Balaban J connectivity index is -0.0000000513. The van der Waals surface area contributed by atoms with Crippen LogP contribution in [-0.4, -0.2) is 118 Å². The normalized spacial score (nSPS) is 8.91. The number of isothiocyanates is 5. The molecule has 0 spiro atoms. The molecule has 16 heteroatoms. The zero-order valence-electron chi connectivity index (χ0n) is 38.4. The number of rotatable bonds is 24. The van der Waals surface area contributed by atoms with Crippen molar-refractivity contribution >= 4 is 86.9 Å². The van der Waals surface area contributed by atoms with E-state index in [1.807, 2.05) is 0 Å². The Morgan fingerprint density at radius 3 is 0.351 bits per heavy atom. The van der Waals surface area contributed by atoms with Gasteiger partial charge in [0.15, 0.2) is 0 Å². The summed E-state index contributed by atoms with van der Waals surface area (Å²) in [4.78, 5) is 0. The van der Waals surface area contributed by atoms with Gasteiger partial charge in [0.2, 0.25) is 0 Å². The van der Waals surface area contributed by atoms with Crippen LogP contribution in [0.1, 0.15) is 160 Å². The van der Waals surface area contributed by atoms with Crippen molar-refractivity contribution in [3.05, 3.63) is 27.0 Å². The second-order valence-corrected chi connectivity index (χ2v) is 14.1. The monoisotopic (exact) mass is 1120 g/mol. The van der Waals surface area contributed by atoms with Crippen LogP contribution in [0.5, 0.6) is 0 Å². The fraction of sp³-hybridized carbons (Fsp3) is 0.878. The number of hydrogen-bond donors (Lipinski definition) is 0. The Kier molecular flexibility index (Phi) is 113. The van der Waals surface area contributed by atoms with Gasteiger partial charge in [-0.15, -0.1) is 0 Å². The predicted molar refractivity (Wildman–Crippen MR) is 264 cm³/mol. The molecule has 0 aromatic carbocycles. The standard InChI is InChI=1S/3C12H28N.5CNS.2O.U/c3*1-5-9-13(10-6-2,11-7-3)12-8-4;5*2-1-3;;;/h3*5-12H2,1-4H3;;;;;;;;/q3*+1;5*-1;2*-2;. The van der Waals surface area contributed by atoms with Gasteiger partial charge in [-0.1, -0.05) is 144 Å². The molecule has 0 saturated heterocycles. The first-order chi connectivity index (χ1) is 25.8. The SMILES string of the molecule is CCC[N+](CCC)(CCC)CCC.CCC[N+](CCC)(CCC)CCC.CCC[N+](CCC)(CCC)CCC.[N-]=C=S.[N-]=C=S.[N-]=C=S.[N-]=C=S.[N-]=C=S.[O-2].[O-2].[U]. The summed E-state index contributed by atoms with van der Waals surface area (Å²) < 4.78 is 4.12. The summed E-state index contributed by atoms with van der Waals surface area (Å²) in [6.45, 7) is 44.4. The summed E-state index contributed by atoms with van der Waals surface area (Å²) in [5.74, 6) is 0. The third kappa shape index (κ3) is 70.7. The summed E-state index contributed by atoms with van der Waals surface area (Å²) in [6.07, 6.45) is 16.0. The van der Waals surface area contributed by atoms with Crippen molar-refractivity contribution in [2.24, 2.45) is 0 Å². The van der Waals surface area contributed by atoms with Crippen molar-refractivity contribution < 1.29 is 55.5 Å². The maximum atomic E-state index is 7.13. The van der Waals surface area contributed by atoms with Gasteiger partial charge in [0, 0.05) is 31.1 Å². The van der Waals surface area contributed by atoms with E-state index in [1.165, 1.54) is 195 Å². The molecule has 0 saturated carbocycles. The average Bonchev–Trinajstić information content (AvgIpc) is 3.09. The molecule has 0 aliphatic carbocycles. The van der Waals surface area contributed by atoms with E-state index >= 15 is 0 Å². The third-order valence-corrected chi connectivity index (χ3v) is 8.38. The Morgan fingerprint density at radius 2 is 0.316 bits per heavy atom. The van der Waals surface area contributed by atoms with Gasteiger partial charge in [0.05, 0.1) is 78.5 Å². The third-order valence-electron chi connectivity index (χ3n) is 8.38. The van der Waals surface area contributed by atoms with Crippen molar-refractivity contribution in [3.63, 3.8) is 0 Å². The first-order valence-electron chi connectivity index (χ1n) is 20.4. The van der Waals surface area contributed by atoms with Crippen LogP contribution in [0.4, 0.5) is 0 Å². The second kappa shape index (κ2) is 76.6. The van der Waals surface area contributed by atoms with E-state index in [9.17, 15) is 0 Å². The average molecular weight is 1120 g/mol. The van der Waals surface area contributed by atoms with Gasteiger partial charge >= 0.3 is 0 Å². The molecule has 0 fully saturated rings. The summed E-state index contributed by atoms with van der Waals surface area (Å²) in [5, 5.41) is 42.3. The molecule has 0 unspecified atom stereocenters. The predicted octanol–water partition coefficient (Wildman–Crippen LogP) is 13.4. The minimum absolute atomic E-state index is 0.